The largest absolute Gasteiger partial charge is 0.414 e. The lowest BCUT2D eigenvalue weighted by Crippen LogP contribution is -2.65. The van der Waals surface area contributed by atoms with Gasteiger partial charge in [0.1, 0.15) is 0 Å². The molecule has 10 nitrogen and oxygen atoms in total. The zero-order valence-corrected chi connectivity index (χ0v) is 29.0. The molecule has 39 heavy (non-hydrogen) atoms. The number of thioether (sulfide) groups is 1. The van der Waals surface area contributed by atoms with E-state index in [-0.39, 0.29) is 44.1 Å². The van der Waals surface area contributed by atoms with E-state index < -0.39 is 17.1 Å². The van der Waals surface area contributed by atoms with Gasteiger partial charge in [-0.25, -0.2) is 9.98 Å². The summed E-state index contributed by atoms with van der Waals surface area (Å²) in [6.07, 6.45) is 3.18. The van der Waals surface area contributed by atoms with Crippen LogP contribution in [0.3, 0.4) is 0 Å². The number of nitrogens with one attached hydrogen (secondary N) is 1. The molecule has 2 saturated heterocycles. The highest BCUT2D eigenvalue weighted by molar-refractivity contribution is 9.09. The molecule has 2 aromatic heterocycles. The zero-order valence-electron chi connectivity index (χ0n) is 24.6. The first-order chi connectivity index (χ1) is 18.2. The number of hydrogen-bond acceptors (Lipinski definition) is 8. The van der Waals surface area contributed by atoms with E-state index in [1.165, 1.54) is 0 Å². The zero-order chi connectivity index (χ0) is 28.9. The van der Waals surface area contributed by atoms with Gasteiger partial charge < -0.3 is 22.4 Å². The van der Waals surface area contributed by atoms with Crippen molar-refractivity contribution < 1.29 is 13.0 Å². The molecule has 0 saturated carbocycles. The quantitative estimate of drug-likeness (QED) is 0.175. The van der Waals surface area contributed by atoms with Crippen molar-refractivity contribution in [3.8, 4) is 0 Å². The number of aliphatic imine (C=N–C) groups is 1. The van der Waals surface area contributed by atoms with Gasteiger partial charge in [-0.1, -0.05) is 71.3 Å². The Bertz CT molecular complexity index is 1240. The molecule has 0 spiro atoms. The molecule has 2 aliphatic heterocycles. The average molecular weight is 660 g/mol. The van der Waals surface area contributed by atoms with Gasteiger partial charge in [0.2, 0.25) is 5.95 Å². The number of nitrogens with zero attached hydrogens (tertiary/aromatic N) is 5. The SMILES string of the molecule is CC(C)[Si]1(C(C)C)OC[C@H]2S[C@@H](n3cnc4c(=O)[nH]c(/N=C/N(C)C)nc43)[C@@H](Br)[C@@H]2O[Si](C(C)C)(C(C)C)O1. The van der Waals surface area contributed by atoms with E-state index in [1.54, 1.807) is 29.3 Å². The molecule has 218 valence electrons. The number of imidazole rings is 1. The van der Waals surface area contributed by atoms with Crippen molar-refractivity contribution in [1.29, 1.82) is 0 Å². The summed E-state index contributed by atoms with van der Waals surface area (Å²) in [7, 11) is -1.63. The molecule has 14 heteroatoms. The minimum atomic E-state index is -2.74. The standard InChI is InChI=1S/C25H43BrN6O4SSi2/c1-14(2)38(15(3)4)34-11-18-21(35-39(36-38,16(5)6)17(7)8)19(26)24(37-18)32-13-27-20-22(32)29-25(30-23(20)33)28-12-31(9)10/h12-19,21,24H,11H2,1-10H3,(H,29,30,33)/b28-12+/t18-,19+,21-,24-/m1/s1. The molecule has 2 aliphatic rings. The number of alkyl halides is 1. The van der Waals surface area contributed by atoms with Gasteiger partial charge in [0.05, 0.1) is 40.8 Å². The van der Waals surface area contributed by atoms with Crippen molar-refractivity contribution in [3.05, 3.63) is 16.7 Å². The number of rotatable bonds is 7. The fourth-order valence-electron chi connectivity index (χ4n) is 5.66. The second-order valence-electron chi connectivity index (χ2n) is 12.0. The summed E-state index contributed by atoms with van der Waals surface area (Å²) in [5, 5.41) is -0.0189. The van der Waals surface area contributed by atoms with Crippen LogP contribution < -0.4 is 5.56 Å². The van der Waals surface area contributed by atoms with E-state index in [4.69, 9.17) is 13.0 Å². The van der Waals surface area contributed by atoms with Gasteiger partial charge in [0.15, 0.2) is 11.2 Å². The van der Waals surface area contributed by atoms with Gasteiger partial charge in [0, 0.05) is 14.1 Å². The van der Waals surface area contributed by atoms with Crippen LogP contribution in [-0.4, -0.2) is 84.8 Å². The average Bonchev–Trinajstić information content (AvgIpc) is 3.38. The van der Waals surface area contributed by atoms with E-state index >= 15 is 0 Å². The summed E-state index contributed by atoms with van der Waals surface area (Å²) >= 11 is 5.81. The molecule has 0 radical (unpaired) electrons. The smallest absolute Gasteiger partial charge is 0.335 e. The molecule has 2 fully saturated rings. The first kappa shape index (κ1) is 30.9. The van der Waals surface area contributed by atoms with Gasteiger partial charge in [-0.05, 0) is 22.2 Å². The summed E-state index contributed by atoms with van der Waals surface area (Å²) < 4.78 is 23.6. The van der Waals surface area contributed by atoms with Gasteiger partial charge in [-0.2, -0.15) is 4.98 Å². The van der Waals surface area contributed by atoms with E-state index in [9.17, 15) is 4.79 Å². The number of hydrogen-bond donors (Lipinski definition) is 1. The predicted octanol–water partition coefficient (Wildman–Crippen LogP) is 5.67. The molecule has 0 aliphatic carbocycles. The molecule has 0 amide bonds. The predicted molar refractivity (Wildman–Crippen MR) is 167 cm³/mol. The van der Waals surface area contributed by atoms with Crippen molar-refractivity contribution in [2.75, 3.05) is 20.7 Å². The highest BCUT2D eigenvalue weighted by Crippen LogP contribution is 2.53. The van der Waals surface area contributed by atoms with Crippen LogP contribution in [0.5, 0.6) is 0 Å². The number of aromatic nitrogens is 4. The van der Waals surface area contributed by atoms with Crippen molar-refractivity contribution in [2.45, 2.75) is 99.1 Å². The van der Waals surface area contributed by atoms with E-state index in [0.717, 1.165) is 0 Å². The fraction of sp³-hybridized carbons (Fsp3) is 0.760. The summed E-state index contributed by atoms with van der Waals surface area (Å²) in [6.45, 7) is 18.4. The van der Waals surface area contributed by atoms with Gasteiger partial charge in [0.25, 0.3) is 5.56 Å². The van der Waals surface area contributed by atoms with Crippen LogP contribution in [0.1, 0.15) is 60.8 Å². The Kier molecular flexibility index (Phi) is 9.26. The summed E-state index contributed by atoms with van der Waals surface area (Å²) in [4.78, 5) is 30.6. The Balaban J connectivity index is 1.78. The fourth-order valence-corrected chi connectivity index (χ4v) is 20.1. The summed E-state index contributed by atoms with van der Waals surface area (Å²) in [5.41, 5.74) is 1.56. The Morgan fingerprint density at radius 3 is 2.31 bits per heavy atom. The molecule has 0 unspecified atom stereocenters. The molecular weight excluding hydrogens is 616 g/mol. The first-order valence-corrected chi connectivity index (χ1v) is 19.5. The second-order valence-corrected chi connectivity index (χ2v) is 23.3. The highest BCUT2D eigenvalue weighted by atomic mass is 79.9. The molecule has 4 atom stereocenters. The Hall–Kier alpha value is -1.04. The molecule has 0 aromatic carbocycles. The molecule has 0 bridgehead atoms. The lowest BCUT2D eigenvalue weighted by atomic mass is 10.2. The number of halogens is 1. The lowest BCUT2D eigenvalue weighted by Gasteiger charge is -2.51. The van der Waals surface area contributed by atoms with Crippen molar-refractivity contribution in [2.24, 2.45) is 4.99 Å². The van der Waals surface area contributed by atoms with Crippen LogP contribution in [0.4, 0.5) is 5.95 Å². The van der Waals surface area contributed by atoms with Gasteiger partial charge >= 0.3 is 17.1 Å². The van der Waals surface area contributed by atoms with Gasteiger partial charge in [-0.15, -0.1) is 11.8 Å². The minimum Gasteiger partial charge on any atom is -0.414 e. The number of aromatic amines is 1. The van der Waals surface area contributed by atoms with Crippen LogP contribution >= 0.6 is 27.7 Å². The van der Waals surface area contributed by atoms with E-state index in [0.29, 0.717) is 28.9 Å². The van der Waals surface area contributed by atoms with E-state index in [1.807, 2.05) is 18.7 Å². The Morgan fingerprint density at radius 2 is 1.74 bits per heavy atom. The highest BCUT2D eigenvalue weighted by Gasteiger charge is 2.61. The second kappa shape index (κ2) is 11.7. The molecule has 4 heterocycles. The van der Waals surface area contributed by atoms with Gasteiger partial charge in [-0.3, -0.25) is 9.78 Å². The maximum atomic E-state index is 12.8. The number of fused-ring (bicyclic) bond motifs is 2. The molecular formula is C25H43BrN6O4SSi2. The van der Waals surface area contributed by atoms with Crippen molar-refractivity contribution in [3.63, 3.8) is 0 Å². The van der Waals surface area contributed by atoms with Crippen LogP contribution in [0, 0.1) is 0 Å². The third-order valence-electron chi connectivity index (χ3n) is 7.70. The minimum absolute atomic E-state index is 0.0662. The Morgan fingerprint density at radius 1 is 1.13 bits per heavy atom. The number of H-pyrrole nitrogens is 1. The van der Waals surface area contributed by atoms with E-state index in [2.05, 4.69) is 91.3 Å². The van der Waals surface area contributed by atoms with Crippen molar-refractivity contribution >= 4 is 68.3 Å². The molecule has 4 rings (SSSR count). The van der Waals surface area contributed by atoms with Crippen molar-refractivity contribution in [1.82, 2.24) is 24.4 Å². The lowest BCUT2D eigenvalue weighted by molar-refractivity contribution is 0.0746. The third kappa shape index (κ3) is 5.58. The molecule has 1 N–H and O–H groups in total. The summed E-state index contributed by atoms with van der Waals surface area (Å²) in [6, 6.07) is 0. The van der Waals surface area contributed by atoms with Crippen LogP contribution in [0.2, 0.25) is 22.2 Å². The van der Waals surface area contributed by atoms with Crippen LogP contribution in [-0.2, 0) is 13.0 Å². The third-order valence-corrected chi connectivity index (χ3v) is 20.9. The maximum absolute atomic E-state index is 12.8. The van der Waals surface area contributed by atoms with Crippen LogP contribution in [0.25, 0.3) is 11.2 Å². The Labute approximate surface area is 246 Å². The van der Waals surface area contributed by atoms with Crippen LogP contribution in [0.15, 0.2) is 16.1 Å². The topological polar surface area (TPSA) is 107 Å². The maximum Gasteiger partial charge on any atom is 0.335 e. The summed E-state index contributed by atoms with van der Waals surface area (Å²) in [5.74, 6) is 0.242. The molecule has 2 aromatic rings. The first-order valence-electron chi connectivity index (χ1n) is 13.7. The monoisotopic (exact) mass is 658 g/mol. The normalized spacial score (nSPS) is 27.2.